The highest BCUT2D eigenvalue weighted by Gasteiger charge is 2.30. The molecule has 0 aromatic heterocycles. The molecule has 13 heavy (non-hydrogen) atoms. The van der Waals surface area contributed by atoms with E-state index in [1.807, 2.05) is 0 Å². The van der Waals surface area contributed by atoms with Crippen LogP contribution in [0, 0.1) is 0 Å². The maximum atomic E-state index is 12.2. The van der Waals surface area contributed by atoms with E-state index in [1.165, 1.54) is 26.0 Å². The van der Waals surface area contributed by atoms with Crippen molar-refractivity contribution in [2.75, 3.05) is 0 Å². The molecule has 0 fully saturated rings. The Labute approximate surface area is 75.4 Å². The van der Waals surface area contributed by atoms with E-state index in [0.29, 0.717) is 5.70 Å². The molecule has 4 heteroatoms. The Hall–Kier alpha value is -1.19. The van der Waals surface area contributed by atoms with E-state index < -0.39 is 11.7 Å². The van der Waals surface area contributed by atoms with Crippen LogP contribution >= 0.6 is 0 Å². The van der Waals surface area contributed by atoms with Crippen molar-refractivity contribution in [3.8, 4) is 0 Å². The van der Waals surface area contributed by atoms with Crippen LogP contribution in [-0.4, -0.2) is 6.18 Å². The molecule has 0 aromatic carbocycles. The first kappa shape index (κ1) is 11.8. The van der Waals surface area contributed by atoms with Crippen LogP contribution in [0.3, 0.4) is 0 Å². The van der Waals surface area contributed by atoms with Crippen LogP contribution in [0.1, 0.15) is 13.8 Å². The van der Waals surface area contributed by atoms with E-state index in [0.717, 1.165) is 12.2 Å². The van der Waals surface area contributed by atoms with Gasteiger partial charge < -0.3 is 5.73 Å². The van der Waals surface area contributed by atoms with Crippen molar-refractivity contribution >= 4 is 0 Å². The molecule has 0 rings (SSSR count). The van der Waals surface area contributed by atoms with Gasteiger partial charge in [-0.25, -0.2) is 0 Å². The van der Waals surface area contributed by atoms with E-state index in [9.17, 15) is 13.2 Å². The molecule has 0 bridgehead atoms. The van der Waals surface area contributed by atoms with Gasteiger partial charge in [-0.3, -0.25) is 0 Å². The molecule has 0 aliphatic rings. The Bertz CT molecular complexity index is 242. The maximum absolute atomic E-state index is 12.2. The lowest BCUT2D eigenvalue weighted by molar-refractivity contribution is -0.0881. The van der Waals surface area contributed by atoms with Gasteiger partial charge in [0.25, 0.3) is 0 Å². The smallest absolute Gasteiger partial charge is 0.402 e. The molecule has 1 nitrogen and oxygen atoms in total. The summed E-state index contributed by atoms with van der Waals surface area (Å²) in [6, 6.07) is 0. The molecule has 0 atom stereocenters. The number of halogens is 3. The highest BCUT2D eigenvalue weighted by atomic mass is 19.4. The van der Waals surface area contributed by atoms with Crippen LogP contribution < -0.4 is 5.73 Å². The van der Waals surface area contributed by atoms with Gasteiger partial charge in [-0.1, -0.05) is 12.2 Å². The molecular weight excluding hydrogens is 179 g/mol. The van der Waals surface area contributed by atoms with E-state index in [-0.39, 0.29) is 0 Å². The number of nitrogens with two attached hydrogens (primary N) is 1. The van der Waals surface area contributed by atoms with Gasteiger partial charge >= 0.3 is 6.18 Å². The fraction of sp³-hybridized carbons (Fsp3) is 0.333. The number of hydrogen-bond acceptors (Lipinski definition) is 1. The van der Waals surface area contributed by atoms with Crippen LogP contribution in [0.2, 0.25) is 0 Å². The van der Waals surface area contributed by atoms with Gasteiger partial charge in [-0.2, -0.15) is 13.2 Å². The normalized spacial score (nSPS) is 15.5. The molecule has 0 unspecified atom stereocenters. The third kappa shape index (κ3) is 5.11. The summed E-state index contributed by atoms with van der Waals surface area (Å²) in [6.45, 7) is 3.05. The molecule has 0 spiro atoms. The average Bonchev–Trinajstić information content (AvgIpc) is 1.95. The topological polar surface area (TPSA) is 26.0 Å². The second-order valence-electron chi connectivity index (χ2n) is 2.53. The average molecular weight is 191 g/mol. The first-order chi connectivity index (χ1) is 5.88. The van der Waals surface area contributed by atoms with Crippen molar-refractivity contribution in [2.45, 2.75) is 20.0 Å². The Morgan fingerprint density at radius 3 is 2.08 bits per heavy atom. The third-order valence-corrected chi connectivity index (χ3v) is 1.20. The third-order valence-electron chi connectivity index (χ3n) is 1.20. The monoisotopic (exact) mass is 191 g/mol. The quantitative estimate of drug-likeness (QED) is 0.667. The second-order valence-corrected chi connectivity index (χ2v) is 2.53. The van der Waals surface area contributed by atoms with Gasteiger partial charge in [0.1, 0.15) is 0 Å². The van der Waals surface area contributed by atoms with Crippen molar-refractivity contribution < 1.29 is 13.2 Å². The second kappa shape index (κ2) is 4.74. The van der Waals surface area contributed by atoms with Crippen molar-refractivity contribution in [3.05, 3.63) is 35.6 Å². The van der Waals surface area contributed by atoms with Crippen LogP contribution in [0.5, 0.6) is 0 Å². The first-order valence-electron chi connectivity index (χ1n) is 3.72. The molecule has 2 N–H and O–H groups in total. The van der Waals surface area contributed by atoms with Crippen LogP contribution in [-0.2, 0) is 0 Å². The van der Waals surface area contributed by atoms with Crippen LogP contribution in [0.4, 0.5) is 13.2 Å². The molecule has 0 saturated heterocycles. The SMILES string of the molecule is C\C=C/C(=C\C=C(/C)N)C(F)(F)F. The molecule has 0 saturated carbocycles. The van der Waals surface area contributed by atoms with Gasteiger partial charge in [0.15, 0.2) is 0 Å². The summed E-state index contributed by atoms with van der Waals surface area (Å²) in [7, 11) is 0. The van der Waals surface area contributed by atoms with Crippen molar-refractivity contribution in [3.63, 3.8) is 0 Å². The molecule has 0 amide bonds. The number of alkyl halides is 3. The Morgan fingerprint density at radius 2 is 1.77 bits per heavy atom. The van der Waals surface area contributed by atoms with Gasteiger partial charge in [0, 0.05) is 5.70 Å². The Morgan fingerprint density at radius 1 is 1.23 bits per heavy atom. The van der Waals surface area contributed by atoms with Crippen molar-refractivity contribution in [1.82, 2.24) is 0 Å². The summed E-state index contributed by atoms with van der Waals surface area (Å²) in [6.07, 6.45) is 0.190. The summed E-state index contributed by atoms with van der Waals surface area (Å²) in [5, 5.41) is 0. The van der Waals surface area contributed by atoms with Gasteiger partial charge in [0.05, 0.1) is 5.57 Å². The highest BCUT2D eigenvalue weighted by molar-refractivity contribution is 5.28. The Balaban J connectivity index is 4.82. The van der Waals surface area contributed by atoms with Crippen LogP contribution in [0.25, 0.3) is 0 Å². The molecule has 74 valence electrons. The lowest BCUT2D eigenvalue weighted by Crippen LogP contribution is -2.09. The summed E-state index contributed by atoms with van der Waals surface area (Å²) < 4.78 is 36.5. The predicted molar refractivity (Wildman–Crippen MR) is 46.9 cm³/mol. The van der Waals surface area contributed by atoms with E-state index in [2.05, 4.69) is 0 Å². The molecule has 0 radical (unpaired) electrons. The molecule has 0 heterocycles. The van der Waals surface area contributed by atoms with Crippen molar-refractivity contribution in [1.29, 1.82) is 0 Å². The maximum Gasteiger partial charge on any atom is 0.416 e. The minimum Gasteiger partial charge on any atom is -0.402 e. The number of allylic oxidation sites excluding steroid dienone is 6. The lowest BCUT2D eigenvalue weighted by atomic mass is 10.2. The number of hydrogen-bond donors (Lipinski definition) is 1. The highest BCUT2D eigenvalue weighted by Crippen LogP contribution is 2.26. The van der Waals surface area contributed by atoms with E-state index in [1.54, 1.807) is 0 Å². The zero-order valence-corrected chi connectivity index (χ0v) is 7.52. The summed E-state index contributed by atoms with van der Waals surface area (Å²) >= 11 is 0. The first-order valence-corrected chi connectivity index (χ1v) is 3.72. The minimum atomic E-state index is -4.32. The van der Waals surface area contributed by atoms with E-state index >= 15 is 0 Å². The number of rotatable bonds is 2. The fourth-order valence-electron chi connectivity index (χ4n) is 0.645. The fourth-order valence-corrected chi connectivity index (χ4v) is 0.645. The lowest BCUT2D eigenvalue weighted by Gasteiger charge is -2.05. The summed E-state index contributed by atoms with van der Waals surface area (Å²) in [5.74, 6) is 0. The van der Waals surface area contributed by atoms with E-state index in [4.69, 9.17) is 5.73 Å². The minimum absolute atomic E-state index is 0.339. The van der Waals surface area contributed by atoms with Gasteiger partial charge in [0.2, 0.25) is 0 Å². The summed E-state index contributed by atoms with van der Waals surface area (Å²) in [4.78, 5) is 0. The predicted octanol–water partition coefficient (Wildman–Crippen LogP) is 2.91. The van der Waals surface area contributed by atoms with Crippen molar-refractivity contribution in [2.24, 2.45) is 5.73 Å². The zero-order valence-electron chi connectivity index (χ0n) is 7.52. The molecule has 0 aliphatic carbocycles. The molecular formula is C9H12F3N. The standard InChI is InChI=1S/C9H12F3N/c1-3-4-8(9(10,11)12)6-5-7(2)13/h3-6H,13H2,1-2H3/b4-3-,7-5+,8-6+. The van der Waals surface area contributed by atoms with Gasteiger partial charge in [-0.05, 0) is 26.0 Å². The zero-order chi connectivity index (χ0) is 10.5. The largest absolute Gasteiger partial charge is 0.416 e. The Kier molecular flexibility index (Phi) is 4.31. The van der Waals surface area contributed by atoms with Gasteiger partial charge in [-0.15, -0.1) is 0 Å². The molecule has 0 aliphatic heterocycles. The summed E-state index contributed by atoms with van der Waals surface area (Å²) in [5.41, 5.74) is 4.84. The molecule has 0 aromatic rings. The van der Waals surface area contributed by atoms with Crippen LogP contribution in [0.15, 0.2) is 35.6 Å².